The fourth-order valence-corrected chi connectivity index (χ4v) is 1.21. The fraction of sp³-hybridized carbons (Fsp3) is 0.455. The molecule has 5 nitrogen and oxygen atoms in total. The van der Waals surface area contributed by atoms with Gasteiger partial charge < -0.3 is 15.7 Å². The van der Waals surface area contributed by atoms with Crippen molar-refractivity contribution in [3.8, 4) is 5.88 Å². The summed E-state index contributed by atoms with van der Waals surface area (Å²) in [5.74, 6) is -0.668. The zero-order chi connectivity index (χ0) is 14.6. The van der Waals surface area contributed by atoms with Crippen LogP contribution < -0.4 is 10.5 Å². The number of ether oxygens (including phenoxy) is 1. The summed E-state index contributed by atoms with van der Waals surface area (Å²) in [6.07, 6.45) is -4.36. The highest BCUT2D eigenvalue weighted by Crippen LogP contribution is 2.30. The first-order valence-corrected chi connectivity index (χ1v) is 5.52. The quantitative estimate of drug-likeness (QED) is 0.383. The highest BCUT2D eigenvalue weighted by atomic mass is 19.4. The molecule has 1 heterocycles. The van der Waals surface area contributed by atoms with E-state index in [1.54, 1.807) is 13.8 Å². The Morgan fingerprint density at radius 1 is 1.53 bits per heavy atom. The molecule has 0 spiro atoms. The van der Waals surface area contributed by atoms with Crippen LogP contribution in [0.2, 0.25) is 0 Å². The molecule has 0 radical (unpaired) electrons. The third kappa shape index (κ3) is 3.73. The molecule has 0 aliphatic rings. The summed E-state index contributed by atoms with van der Waals surface area (Å²) in [5.41, 5.74) is 4.28. The van der Waals surface area contributed by atoms with Crippen molar-refractivity contribution in [1.82, 2.24) is 4.98 Å². The van der Waals surface area contributed by atoms with Gasteiger partial charge in [0.25, 0.3) is 0 Å². The molecule has 1 atom stereocenters. The van der Waals surface area contributed by atoms with Gasteiger partial charge in [0.15, 0.2) is 5.84 Å². The number of aromatic nitrogens is 1. The number of nitrogens with two attached hydrogens (primary N) is 1. The van der Waals surface area contributed by atoms with E-state index in [9.17, 15) is 13.2 Å². The van der Waals surface area contributed by atoms with E-state index in [4.69, 9.17) is 15.7 Å². The third-order valence-corrected chi connectivity index (χ3v) is 2.42. The number of hydrogen-bond donors (Lipinski definition) is 2. The predicted octanol–water partition coefficient (Wildman–Crippen LogP) is 2.37. The number of hydrogen-bond acceptors (Lipinski definition) is 4. The molecule has 8 heteroatoms. The lowest BCUT2D eigenvalue weighted by Gasteiger charge is -2.16. The molecule has 0 bridgehead atoms. The van der Waals surface area contributed by atoms with E-state index in [0.29, 0.717) is 6.42 Å². The SMILES string of the molecule is CCC(C)Oc1nc(C(F)(F)F)ccc1C(N)=NO. The van der Waals surface area contributed by atoms with Crippen LogP contribution in [-0.4, -0.2) is 22.1 Å². The Kier molecular flexibility index (Phi) is 4.57. The third-order valence-electron chi connectivity index (χ3n) is 2.42. The van der Waals surface area contributed by atoms with Gasteiger partial charge >= 0.3 is 6.18 Å². The van der Waals surface area contributed by atoms with Crippen molar-refractivity contribution in [2.75, 3.05) is 0 Å². The van der Waals surface area contributed by atoms with Gasteiger partial charge in [0.2, 0.25) is 5.88 Å². The second-order valence-electron chi connectivity index (χ2n) is 3.87. The average molecular weight is 277 g/mol. The number of amidine groups is 1. The van der Waals surface area contributed by atoms with Gasteiger partial charge in [0, 0.05) is 0 Å². The summed E-state index contributed by atoms with van der Waals surface area (Å²) < 4.78 is 43.0. The highest BCUT2D eigenvalue weighted by molar-refractivity contribution is 5.99. The number of halogens is 3. The lowest BCUT2D eigenvalue weighted by atomic mass is 10.2. The maximum absolute atomic E-state index is 12.6. The van der Waals surface area contributed by atoms with E-state index in [1.807, 2.05) is 0 Å². The first-order valence-electron chi connectivity index (χ1n) is 5.52. The van der Waals surface area contributed by atoms with Gasteiger partial charge in [-0.3, -0.25) is 0 Å². The van der Waals surface area contributed by atoms with Gasteiger partial charge in [-0.15, -0.1) is 0 Å². The first kappa shape index (κ1) is 15.1. The Morgan fingerprint density at radius 3 is 2.63 bits per heavy atom. The molecule has 19 heavy (non-hydrogen) atoms. The molecule has 0 aliphatic carbocycles. The predicted molar refractivity (Wildman–Crippen MR) is 62.1 cm³/mol. The number of alkyl halides is 3. The van der Waals surface area contributed by atoms with E-state index >= 15 is 0 Å². The maximum Gasteiger partial charge on any atom is 0.433 e. The largest absolute Gasteiger partial charge is 0.474 e. The molecule has 0 saturated heterocycles. The summed E-state index contributed by atoms with van der Waals surface area (Å²) in [4.78, 5) is 3.38. The lowest BCUT2D eigenvalue weighted by Crippen LogP contribution is -2.20. The molecule has 0 aliphatic heterocycles. The van der Waals surface area contributed by atoms with Crippen molar-refractivity contribution in [3.05, 3.63) is 23.4 Å². The van der Waals surface area contributed by atoms with Crippen LogP contribution >= 0.6 is 0 Å². The number of pyridine rings is 1. The molecule has 0 fully saturated rings. The van der Waals surface area contributed by atoms with Gasteiger partial charge in [-0.2, -0.15) is 13.2 Å². The normalized spacial score (nSPS) is 14.3. The van der Waals surface area contributed by atoms with Crippen LogP contribution in [0.1, 0.15) is 31.5 Å². The molecule has 1 rings (SSSR count). The zero-order valence-corrected chi connectivity index (χ0v) is 10.4. The summed E-state index contributed by atoms with van der Waals surface area (Å²) in [7, 11) is 0. The van der Waals surface area contributed by atoms with E-state index in [2.05, 4.69) is 10.1 Å². The van der Waals surface area contributed by atoms with Gasteiger partial charge in [-0.25, -0.2) is 4.98 Å². The van der Waals surface area contributed by atoms with Gasteiger partial charge in [0.1, 0.15) is 5.69 Å². The molecule has 1 aromatic rings. The van der Waals surface area contributed by atoms with Crippen LogP contribution in [0.15, 0.2) is 17.3 Å². The minimum atomic E-state index is -4.59. The summed E-state index contributed by atoms with van der Waals surface area (Å²) in [6.45, 7) is 3.49. The van der Waals surface area contributed by atoms with E-state index < -0.39 is 11.9 Å². The van der Waals surface area contributed by atoms with Crippen LogP contribution in [-0.2, 0) is 6.18 Å². The Morgan fingerprint density at radius 2 is 2.16 bits per heavy atom. The molecular weight excluding hydrogens is 263 g/mol. The van der Waals surface area contributed by atoms with Crippen molar-refractivity contribution in [3.63, 3.8) is 0 Å². The molecule has 3 N–H and O–H groups in total. The van der Waals surface area contributed by atoms with E-state index in [1.165, 1.54) is 0 Å². The van der Waals surface area contributed by atoms with E-state index in [0.717, 1.165) is 12.1 Å². The van der Waals surface area contributed by atoms with Crippen LogP contribution in [0.5, 0.6) is 5.88 Å². The first-order chi connectivity index (χ1) is 8.79. The van der Waals surface area contributed by atoms with Gasteiger partial charge in [-0.1, -0.05) is 12.1 Å². The summed E-state index contributed by atoms with van der Waals surface area (Å²) >= 11 is 0. The highest BCUT2D eigenvalue weighted by Gasteiger charge is 2.33. The Labute approximate surface area is 107 Å². The number of rotatable bonds is 4. The van der Waals surface area contributed by atoms with Crippen LogP contribution in [0.25, 0.3) is 0 Å². The van der Waals surface area contributed by atoms with Gasteiger partial charge in [-0.05, 0) is 25.5 Å². The Bertz CT molecular complexity index is 475. The smallest absolute Gasteiger partial charge is 0.433 e. The lowest BCUT2D eigenvalue weighted by molar-refractivity contribution is -0.141. The molecule has 0 amide bonds. The topological polar surface area (TPSA) is 80.7 Å². The molecule has 0 aromatic carbocycles. The summed E-state index contributed by atoms with van der Waals surface area (Å²) in [5, 5.41) is 11.3. The van der Waals surface area contributed by atoms with Crippen LogP contribution in [0, 0.1) is 0 Å². The zero-order valence-electron chi connectivity index (χ0n) is 10.4. The van der Waals surface area contributed by atoms with E-state index in [-0.39, 0.29) is 23.4 Å². The van der Waals surface area contributed by atoms with Crippen molar-refractivity contribution in [1.29, 1.82) is 0 Å². The van der Waals surface area contributed by atoms with Crippen LogP contribution in [0.4, 0.5) is 13.2 Å². The Hall–Kier alpha value is -1.99. The average Bonchev–Trinajstić information content (AvgIpc) is 2.36. The standard InChI is InChI=1S/C11H14F3N3O2/c1-3-6(2)19-10-7(9(15)17-18)4-5-8(16-10)11(12,13)14/h4-6,18H,3H2,1-2H3,(H2,15,17). The summed E-state index contributed by atoms with van der Waals surface area (Å²) in [6, 6.07) is 1.80. The Balaban J connectivity index is 3.26. The molecule has 1 unspecified atom stereocenters. The minimum absolute atomic E-state index is 0.0100. The minimum Gasteiger partial charge on any atom is -0.474 e. The molecule has 1 aromatic heterocycles. The number of oxime groups is 1. The molecular formula is C11H14F3N3O2. The number of nitrogens with zero attached hydrogens (tertiary/aromatic N) is 2. The fourth-order valence-electron chi connectivity index (χ4n) is 1.21. The van der Waals surface area contributed by atoms with Crippen molar-refractivity contribution in [2.45, 2.75) is 32.5 Å². The van der Waals surface area contributed by atoms with Crippen molar-refractivity contribution in [2.24, 2.45) is 10.9 Å². The van der Waals surface area contributed by atoms with Crippen molar-refractivity contribution < 1.29 is 23.1 Å². The van der Waals surface area contributed by atoms with Crippen LogP contribution in [0.3, 0.4) is 0 Å². The molecule has 106 valence electrons. The monoisotopic (exact) mass is 277 g/mol. The van der Waals surface area contributed by atoms with Crippen molar-refractivity contribution >= 4 is 5.84 Å². The maximum atomic E-state index is 12.6. The molecule has 0 saturated carbocycles. The second kappa shape index (κ2) is 5.77. The van der Waals surface area contributed by atoms with Gasteiger partial charge in [0.05, 0.1) is 11.7 Å². The second-order valence-corrected chi connectivity index (χ2v) is 3.87.